The summed E-state index contributed by atoms with van der Waals surface area (Å²) in [7, 11) is 0. The van der Waals surface area contributed by atoms with Gasteiger partial charge in [0.1, 0.15) is 12.4 Å². The van der Waals surface area contributed by atoms with Crippen molar-refractivity contribution in [2.45, 2.75) is 13.8 Å². The Morgan fingerprint density at radius 2 is 2.07 bits per heavy atom. The lowest BCUT2D eigenvalue weighted by molar-refractivity contribution is -0.131. The fourth-order valence-corrected chi connectivity index (χ4v) is 1.66. The molecule has 1 aromatic rings. The minimum atomic E-state index is -0.931. The lowest BCUT2D eigenvalue weighted by Crippen LogP contribution is -1.93. The number of rotatable bonds is 1. The zero-order valence-corrected chi connectivity index (χ0v) is 8.70. The first-order valence-corrected chi connectivity index (χ1v) is 4.76. The molecule has 0 aromatic heterocycles. The molecule has 3 nitrogen and oxygen atoms in total. The van der Waals surface area contributed by atoms with Gasteiger partial charge < -0.3 is 9.84 Å². The lowest BCUT2D eigenvalue weighted by Gasteiger charge is -2.03. The van der Waals surface area contributed by atoms with Crippen LogP contribution in [0.5, 0.6) is 5.75 Å². The highest BCUT2D eigenvalue weighted by molar-refractivity contribution is 5.92. The maximum Gasteiger partial charge on any atom is 0.328 e. The molecule has 0 saturated carbocycles. The van der Waals surface area contributed by atoms with E-state index in [4.69, 9.17) is 9.84 Å². The van der Waals surface area contributed by atoms with Crippen molar-refractivity contribution in [2.75, 3.05) is 6.61 Å². The van der Waals surface area contributed by atoms with Crippen LogP contribution in [0.1, 0.15) is 16.7 Å². The first kappa shape index (κ1) is 9.77. The van der Waals surface area contributed by atoms with Crippen LogP contribution in [-0.2, 0) is 4.79 Å². The van der Waals surface area contributed by atoms with Gasteiger partial charge in [0.05, 0.1) is 0 Å². The largest absolute Gasteiger partial charge is 0.488 e. The Morgan fingerprint density at radius 3 is 2.73 bits per heavy atom. The van der Waals surface area contributed by atoms with Gasteiger partial charge in [-0.05, 0) is 37.1 Å². The van der Waals surface area contributed by atoms with E-state index in [0.29, 0.717) is 6.61 Å². The van der Waals surface area contributed by atoms with Gasteiger partial charge in [-0.3, -0.25) is 0 Å². The maximum atomic E-state index is 10.6. The minimum Gasteiger partial charge on any atom is -0.488 e. The monoisotopic (exact) mass is 204 g/mol. The molecular formula is C12H12O3. The van der Waals surface area contributed by atoms with Gasteiger partial charge in [0.25, 0.3) is 0 Å². The molecule has 0 radical (unpaired) electrons. The van der Waals surface area contributed by atoms with Crippen molar-refractivity contribution in [3.63, 3.8) is 0 Å². The summed E-state index contributed by atoms with van der Waals surface area (Å²) in [5.41, 5.74) is 3.95. The van der Waals surface area contributed by atoms with Gasteiger partial charge >= 0.3 is 5.97 Å². The Hall–Kier alpha value is -1.77. The molecule has 0 saturated heterocycles. The average molecular weight is 204 g/mol. The highest BCUT2D eigenvalue weighted by atomic mass is 16.5. The van der Waals surface area contributed by atoms with E-state index in [1.807, 2.05) is 26.0 Å². The third-order valence-corrected chi connectivity index (χ3v) is 2.62. The maximum absolute atomic E-state index is 10.6. The normalized spacial score (nSPS) is 16.3. The predicted molar refractivity (Wildman–Crippen MR) is 57.0 cm³/mol. The van der Waals surface area contributed by atoms with Gasteiger partial charge in [0, 0.05) is 17.2 Å². The van der Waals surface area contributed by atoms with Gasteiger partial charge in [-0.15, -0.1) is 0 Å². The first-order valence-electron chi connectivity index (χ1n) is 4.76. The Balaban J connectivity index is 2.51. The minimum absolute atomic E-state index is 0.352. The van der Waals surface area contributed by atoms with E-state index >= 15 is 0 Å². The number of fused-ring (bicyclic) bond motifs is 1. The van der Waals surface area contributed by atoms with Crippen LogP contribution in [0.3, 0.4) is 0 Å². The molecule has 1 aromatic carbocycles. The topological polar surface area (TPSA) is 46.5 Å². The molecular weight excluding hydrogens is 192 g/mol. The summed E-state index contributed by atoms with van der Waals surface area (Å²) >= 11 is 0. The second-order valence-corrected chi connectivity index (χ2v) is 3.73. The zero-order chi connectivity index (χ0) is 11.0. The number of hydrogen-bond acceptors (Lipinski definition) is 2. The van der Waals surface area contributed by atoms with E-state index < -0.39 is 5.97 Å². The van der Waals surface area contributed by atoms with Crippen molar-refractivity contribution in [1.29, 1.82) is 0 Å². The molecule has 0 atom stereocenters. The summed E-state index contributed by atoms with van der Waals surface area (Å²) in [5, 5.41) is 8.69. The second kappa shape index (κ2) is 3.42. The Labute approximate surface area is 88.0 Å². The number of ether oxygens (including phenoxy) is 1. The summed E-state index contributed by atoms with van der Waals surface area (Å²) in [6.45, 7) is 4.37. The second-order valence-electron chi connectivity index (χ2n) is 3.73. The molecule has 1 heterocycles. The van der Waals surface area contributed by atoms with E-state index in [9.17, 15) is 4.79 Å². The molecule has 0 bridgehead atoms. The quantitative estimate of drug-likeness (QED) is 0.713. The smallest absolute Gasteiger partial charge is 0.328 e. The predicted octanol–water partition coefficient (Wildman–Crippen LogP) is 2.16. The van der Waals surface area contributed by atoms with Crippen LogP contribution >= 0.6 is 0 Å². The van der Waals surface area contributed by atoms with Crippen LogP contribution in [0.15, 0.2) is 18.2 Å². The highest BCUT2D eigenvalue weighted by Crippen LogP contribution is 2.35. The Morgan fingerprint density at radius 1 is 1.40 bits per heavy atom. The third-order valence-electron chi connectivity index (χ3n) is 2.62. The van der Waals surface area contributed by atoms with Crippen LogP contribution < -0.4 is 4.74 Å². The summed E-state index contributed by atoms with van der Waals surface area (Å²) < 4.78 is 5.42. The molecule has 3 heteroatoms. The first-order chi connectivity index (χ1) is 7.08. The molecule has 1 aliphatic heterocycles. The number of carboxylic acids is 1. The Kier molecular flexibility index (Phi) is 2.23. The van der Waals surface area contributed by atoms with Gasteiger partial charge in [0.15, 0.2) is 0 Å². The van der Waals surface area contributed by atoms with Crippen molar-refractivity contribution in [2.24, 2.45) is 0 Å². The fraction of sp³-hybridized carbons (Fsp3) is 0.250. The van der Waals surface area contributed by atoms with Crippen molar-refractivity contribution in [3.8, 4) is 5.75 Å². The van der Waals surface area contributed by atoms with Crippen LogP contribution in [0.25, 0.3) is 5.57 Å². The van der Waals surface area contributed by atoms with E-state index in [2.05, 4.69) is 0 Å². The molecule has 1 aliphatic rings. The molecule has 1 N–H and O–H groups in total. The molecule has 0 fully saturated rings. The molecule has 0 unspecified atom stereocenters. The molecule has 0 amide bonds. The highest BCUT2D eigenvalue weighted by Gasteiger charge is 2.19. The number of benzene rings is 1. The molecule has 0 aliphatic carbocycles. The number of aliphatic carboxylic acids is 1. The average Bonchev–Trinajstić information content (AvgIpc) is 2.49. The van der Waals surface area contributed by atoms with Gasteiger partial charge in [-0.2, -0.15) is 0 Å². The molecule has 15 heavy (non-hydrogen) atoms. The number of hydrogen-bond donors (Lipinski definition) is 1. The number of carboxylic acid groups (broad SMARTS) is 1. The van der Waals surface area contributed by atoms with Gasteiger partial charge in [-0.25, -0.2) is 4.79 Å². The van der Waals surface area contributed by atoms with Crippen LogP contribution in [0.2, 0.25) is 0 Å². The van der Waals surface area contributed by atoms with E-state index in [0.717, 1.165) is 28.0 Å². The zero-order valence-electron chi connectivity index (χ0n) is 8.70. The van der Waals surface area contributed by atoms with Gasteiger partial charge in [-0.1, -0.05) is 0 Å². The lowest BCUT2D eigenvalue weighted by atomic mass is 10.0. The molecule has 0 spiro atoms. The van der Waals surface area contributed by atoms with Crippen molar-refractivity contribution >= 4 is 11.5 Å². The molecule has 2 rings (SSSR count). The van der Waals surface area contributed by atoms with Crippen LogP contribution in [-0.4, -0.2) is 17.7 Å². The third kappa shape index (κ3) is 1.73. The summed E-state index contributed by atoms with van der Waals surface area (Å²) in [4.78, 5) is 10.6. The van der Waals surface area contributed by atoms with Gasteiger partial charge in [0.2, 0.25) is 0 Å². The number of aryl methyl sites for hydroxylation is 2. The van der Waals surface area contributed by atoms with Crippen molar-refractivity contribution < 1.29 is 14.6 Å². The van der Waals surface area contributed by atoms with E-state index in [1.165, 1.54) is 6.08 Å². The number of carbonyl (C=O) groups is 1. The summed E-state index contributed by atoms with van der Waals surface area (Å²) in [6.07, 6.45) is 1.21. The van der Waals surface area contributed by atoms with Crippen LogP contribution in [0.4, 0.5) is 0 Å². The summed E-state index contributed by atoms with van der Waals surface area (Å²) in [5.74, 6) is -0.148. The van der Waals surface area contributed by atoms with Crippen molar-refractivity contribution in [1.82, 2.24) is 0 Å². The van der Waals surface area contributed by atoms with Crippen molar-refractivity contribution in [3.05, 3.63) is 34.9 Å². The van der Waals surface area contributed by atoms with E-state index in [-0.39, 0.29) is 0 Å². The van der Waals surface area contributed by atoms with Crippen LogP contribution in [0, 0.1) is 13.8 Å². The fourth-order valence-electron chi connectivity index (χ4n) is 1.66. The van der Waals surface area contributed by atoms with E-state index in [1.54, 1.807) is 0 Å². The SMILES string of the molecule is Cc1cc2c(cc1C)C(=CC(=O)O)CO2. The standard InChI is InChI=1S/C12H12O3/c1-7-3-10-9(5-12(13)14)6-15-11(10)4-8(7)2/h3-5H,6H2,1-2H3,(H,13,14). The molecule has 78 valence electrons. The Bertz CT molecular complexity index is 458. The summed E-state index contributed by atoms with van der Waals surface area (Å²) in [6, 6.07) is 3.93.